The maximum absolute atomic E-state index is 12.8. The molecule has 0 bridgehead atoms. The van der Waals surface area contributed by atoms with Crippen molar-refractivity contribution in [1.82, 2.24) is 4.90 Å². The van der Waals surface area contributed by atoms with Gasteiger partial charge in [0.05, 0.1) is 6.61 Å². The fourth-order valence-electron chi connectivity index (χ4n) is 5.17. The highest BCUT2D eigenvalue weighted by Crippen LogP contribution is 2.12. The van der Waals surface area contributed by atoms with Crippen molar-refractivity contribution >= 4 is 6.09 Å². The van der Waals surface area contributed by atoms with Crippen LogP contribution in [0.2, 0.25) is 0 Å². The first-order valence-electron chi connectivity index (χ1n) is 18.2. The van der Waals surface area contributed by atoms with E-state index >= 15 is 0 Å². The Morgan fingerprint density at radius 2 is 1.00 bits per heavy atom. The molecule has 0 radical (unpaired) electrons. The summed E-state index contributed by atoms with van der Waals surface area (Å²) in [4.78, 5) is 14.6. The van der Waals surface area contributed by atoms with Crippen molar-refractivity contribution in [3.05, 3.63) is 0 Å². The first-order valence-corrected chi connectivity index (χ1v) is 18.2. The molecule has 0 saturated heterocycles. The Balaban J connectivity index is 4.33. The SMILES string of the molecule is CCCCCCCCCCCCOCC(COC(=O)N(CCCN)CCCCN)OCCCCCCCCCCCC. The van der Waals surface area contributed by atoms with Crippen molar-refractivity contribution in [2.24, 2.45) is 11.5 Å². The molecule has 0 aliphatic carbocycles. The first-order chi connectivity index (χ1) is 20.7. The Labute approximate surface area is 261 Å². The van der Waals surface area contributed by atoms with E-state index in [2.05, 4.69) is 13.8 Å². The number of carbonyl (C=O) groups excluding carboxylic acids is 1. The normalized spacial score (nSPS) is 12.1. The molecule has 42 heavy (non-hydrogen) atoms. The van der Waals surface area contributed by atoms with Crippen LogP contribution in [0, 0.1) is 0 Å². The van der Waals surface area contributed by atoms with Crippen molar-refractivity contribution in [3.8, 4) is 0 Å². The Hall–Kier alpha value is -0.890. The lowest BCUT2D eigenvalue weighted by molar-refractivity contribution is -0.0506. The topological polar surface area (TPSA) is 100 Å². The van der Waals surface area contributed by atoms with Crippen molar-refractivity contribution < 1.29 is 19.0 Å². The van der Waals surface area contributed by atoms with Crippen LogP contribution in [-0.2, 0) is 14.2 Å². The summed E-state index contributed by atoms with van der Waals surface area (Å²) in [5.41, 5.74) is 11.3. The molecule has 4 N–H and O–H groups in total. The Kier molecular flexibility index (Phi) is 33.9. The van der Waals surface area contributed by atoms with Gasteiger partial charge in [-0.2, -0.15) is 0 Å². The van der Waals surface area contributed by atoms with E-state index < -0.39 is 0 Å². The summed E-state index contributed by atoms with van der Waals surface area (Å²) in [6.45, 7) is 9.11. The number of nitrogens with two attached hydrogens (primary N) is 2. The highest BCUT2D eigenvalue weighted by molar-refractivity contribution is 5.67. The predicted octanol–water partition coefficient (Wildman–Crippen LogP) is 8.76. The van der Waals surface area contributed by atoms with Crippen LogP contribution in [-0.4, -0.2) is 69.7 Å². The zero-order valence-corrected chi connectivity index (χ0v) is 28.2. The van der Waals surface area contributed by atoms with E-state index in [1.165, 1.54) is 116 Å². The lowest BCUT2D eigenvalue weighted by atomic mass is 10.1. The maximum Gasteiger partial charge on any atom is 0.409 e. The van der Waals surface area contributed by atoms with Gasteiger partial charge >= 0.3 is 6.09 Å². The molecule has 0 aromatic rings. The maximum atomic E-state index is 12.8. The third kappa shape index (κ3) is 29.2. The summed E-state index contributed by atoms with van der Waals surface area (Å²) < 4.78 is 17.9. The van der Waals surface area contributed by atoms with Crippen LogP contribution in [0.15, 0.2) is 0 Å². The zero-order chi connectivity index (χ0) is 30.8. The standard InChI is InChI=1S/C35H73N3O4/c1-3-5-7-9-11-13-15-17-19-23-30-40-32-34(41-31-24-20-18-16-14-12-10-8-6-4-2)33-42-35(39)38(29-25-27-37)28-22-21-26-36/h34H,3-33,36-37H2,1-2H3. The molecule has 0 aliphatic rings. The van der Waals surface area contributed by atoms with Crippen LogP contribution in [0.3, 0.4) is 0 Å². The van der Waals surface area contributed by atoms with Crippen LogP contribution < -0.4 is 11.5 Å². The van der Waals surface area contributed by atoms with Gasteiger partial charge in [0.1, 0.15) is 12.7 Å². The summed E-state index contributed by atoms with van der Waals surface area (Å²) in [5.74, 6) is 0. The fraction of sp³-hybridized carbons (Fsp3) is 0.971. The number of rotatable bonds is 34. The van der Waals surface area contributed by atoms with E-state index in [9.17, 15) is 4.79 Å². The average Bonchev–Trinajstić information content (AvgIpc) is 3.00. The molecule has 0 aliphatic heterocycles. The third-order valence-corrected chi connectivity index (χ3v) is 7.96. The van der Waals surface area contributed by atoms with E-state index in [1.54, 1.807) is 4.90 Å². The summed E-state index contributed by atoms with van der Waals surface area (Å²) in [5, 5.41) is 0. The molecule has 252 valence electrons. The summed E-state index contributed by atoms with van der Waals surface area (Å²) >= 11 is 0. The molecule has 0 spiro atoms. The van der Waals surface area contributed by atoms with E-state index in [0.717, 1.165) is 38.7 Å². The number of hydrogen-bond donors (Lipinski definition) is 2. The predicted molar refractivity (Wildman–Crippen MR) is 179 cm³/mol. The smallest absolute Gasteiger partial charge is 0.409 e. The van der Waals surface area contributed by atoms with Crippen LogP contribution in [0.4, 0.5) is 4.79 Å². The second kappa shape index (κ2) is 34.6. The molecule has 7 heteroatoms. The molecule has 0 aromatic heterocycles. The highest BCUT2D eigenvalue weighted by Gasteiger charge is 2.18. The molecule has 0 saturated carbocycles. The third-order valence-electron chi connectivity index (χ3n) is 7.96. The molecular formula is C35H73N3O4. The van der Waals surface area contributed by atoms with Gasteiger partial charge in [0.2, 0.25) is 0 Å². The molecule has 0 aromatic carbocycles. The van der Waals surface area contributed by atoms with Gasteiger partial charge in [0.25, 0.3) is 0 Å². The molecular weight excluding hydrogens is 526 g/mol. The van der Waals surface area contributed by atoms with Crippen LogP contribution in [0.1, 0.15) is 162 Å². The second-order valence-electron chi connectivity index (χ2n) is 12.1. The van der Waals surface area contributed by atoms with Gasteiger partial charge in [-0.25, -0.2) is 4.79 Å². The van der Waals surface area contributed by atoms with Gasteiger partial charge in [-0.1, -0.05) is 129 Å². The minimum atomic E-state index is -0.289. The van der Waals surface area contributed by atoms with E-state index in [0.29, 0.717) is 39.4 Å². The highest BCUT2D eigenvalue weighted by atomic mass is 16.6. The Morgan fingerprint density at radius 3 is 1.50 bits per heavy atom. The lowest BCUT2D eigenvalue weighted by Crippen LogP contribution is -2.37. The number of carbonyl (C=O) groups is 1. The zero-order valence-electron chi connectivity index (χ0n) is 28.2. The Morgan fingerprint density at radius 1 is 0.548 bits per heavy atom. The van der Waals surface area contributed by atoms with Gasteiger partial charge in [-0.3, -0.25) is 0 Å². The van der Waals surface area contributed by atoms with E-state index in [-0.39, 0.29) is 18.8 Å². The van der Waals surface area contributed by atoms with E-state index in [1.807, 2.05) is 0 Å². The monoisotopic (exact) mass is 600 g/mol. The van der Waals surface area contributed by atoms with E-state index in [4.69, 9.17) is 25.7 Å². The summed E-state index contributed by atoms with van der Waals surface area (Å²) in [7, 11) is 0. The van der Waals surface area contributed by atoms with Crippen molar-refractivity contribution in [3.63, 3.8) is 0 Å². The van der Waals surface area contributed by atoms with Crippen LogP contribution in [0.25, 0.3) is 0 Å². The van der Waals surface area contributed by atoms with Crippen LogP contribution >= 0.6 is 0 Å². The van der Waals surface area contributed by atoms with Gasteiger partial charge in [0, 0.05) is 26.3 Å². The fourth-order valence-corrected chi connectivity index (χ4v) is 5.17. The average molecular weight is 600 g/mol. The molecule has 1 atom stereocenters. The lowest BCUT2D eigenvalue weighted by Gasteiger charge is -2.24. The minimum absolute atomic E-state index is 0.226. The summed E-state index contributed by atoms with van der Waals surface area (Å²) in [6.07, 6.45) is 28.1. The molecule has 7 nitrogen and oxygen atoms in total. The molecule has 0 fully saturated rings. The second-order valence-corrected chi connectivity index (χ2v) is 12.1. The van der Waals surface area contributed by atoms with Gasteiger partial charge in [-0.05, 0) is 45.2 Å². The number of unbranched alkanes of at least 4 members (excludes halogenated alkanes) is 19. The largest absolute Gasteiger partial charge is 0.447 e. The molecule has 1 amide bonds. The van der Waals surface area contributed by atoms with Crippen LogP contribution in [0.5, 0.6) is 0 Å². The minimum Gasteiger partial charge on any atom is -0.447 e. The van der Waals surface area contributed by atoms with Crippen molar-refractivity contribution in [2.45, 2.75) is 168 Å². The quantitative estimate of drug-likeness (QED) is 0.0717. The van der Waals surface area contributed by atoms with Gasteiger partial charge in [0.15, 0.2) is 0 Å². The molecule has 1 unspecified atom stereocenters. The van der Waals surface area contributed by atoms with Crippen molar-refractivity contribution in [2.75, 3.05) is 52.6 Å². The number of nitrogens with zero attached hydrogens (tertiary/aromatic N) is 1. The number of hydrogen-bond acceptors (Lipinski definition) is 6. The number of ether oxygens (including phenoxy) is 3. The molecule has 0 rings (SSSR count). The first kappa shape index (κ1) is 41.1. The van der Waals surface area contributed by atoms with Gasteiger partial charge < -0.3 is 30.6 Å². The van der Waals surface area contributed by atoms with Crippen molar-refractivity contribution in [1.29, 1.82) is 0 Å². The number of amides is 1. The van der Waals surface area contributed by atoms with Gasteiger partial charge in [-0.15, -0.1) is 0 Å². The Bertz CT molecular complexity index is 538. The molecule has 0 heterocycles. The summed E-state index contributed by atoms with van der Waals surface area (Å²) in [6, 6.07) is 0.